The molecule has 0 radical (unpaired) electrons. The Balaban J connectivity index is 1.54. The SMILES string of the molecule is Cc1ccc2c(C)c(C(=O)N3CC(=O)N[C@@H](C(C)C)c4nc(cs4)C(=O)N[C@H](C(C)C)c4nc(c(C)o4)C(=O)N[C@H](C)C3)oc2c1. The van der Waals surface area contributed by atoms with E-state index in [4.69, 9.17) is 8.83 Å². The molecule has 3 atom stereocenters. The van der Waals surface area contributed by atoms with Crippen LogP contribution in [0, 0.1) is 32.6 Å². The van der Waals surface area contributed by atoms with Gasteiger partial charge in [-0.05, 0) is 51.2 Å². The maximum absolute atomic E-state index is 14.0. The molecule has 0 saturated heterocycles. The number of carbonyl (C=O) groups is 4. The number of fused-ring (bicyclic) bond motifs is 5. The largest absolute Gasteiger partial charge is 0.451 e. The lowest BCUT2D eigenvalue weighted by Crippen LogP contribution is -2.48. The Hall–Kier alpha value is -4.52. The lowest BCUT2D eigenvalue weighted by molar-refractivity contribution is -0.123. The minimum absolute atomic E-state index is 0.00961. The van der Waals surface area contributed by atoms with Gasteiger partial charge in [0.05, 0.1) is 6.04 Å². The van der Waals surface area contributed by atoms with Crippen molar-refractivity contribution in [2.45, 2.75) is 73.5 Å². The third kappa shape index (κ3) is 6.69. The fourth-order valence-electron chi connectivity index (χ4n) is 5.50. The fraction of sp³-hybridized carbons (Fsp3) is 0.455. The number of aromatic nitrogens is 2. The summed E-state index contributed by atoms with van der Waals surface area (Å²) >= 11 is 1.27. The third-order valence-corrected chi connectivity index (χ3v) is 8.96. The topological polar surface area (TPSA) is 160 Å². The van der Waals surface area contributed by atoms with Crippen molar-refractivity contribution in [3.63, 3.8) is 0 Å². The van der Waals surface area contributed by atoms with Gasteiger partial charge in [-0.1, -0.05) is 39.8 Å². The van der Waals surface area contributed by atoms with Gasteiger partial charge in [-0.15, -0.1) is 11.3 Å². The Morgan fingerprint density at radius 1 is 0.957 bits per heavy atom. The number of hydrogen-bond acceptors (Lipinski definition) is 9. The summed E-state index contributed by atoms with van der Waals surface area (Å²) in [4.78, 5) is 64.7. The van der Waals surface area contributed by atoms with Crippen molar-refractivity contribution in [3.8, 4) is 0 Å². The minimum Gasteiger partial charge on any atom is -0.451 e. The summed E-state index contributed by atoms with van der Waals surface area (Å²) < 4.78 is 11.9. The molecule has 5 rings (SSSR count). The molecule has 4 amide bonds. The number of aryl methyl sites for hydroxylation is 3. The third-order valence-electron chi connectivity index (χ3n) is 8.03. The van der Waals surface area contributed by atoms with Crippen LogP contribution >= 0.6 is 11.3 Å². The number of nitrogens with one attached hydrogen (secondary N) is 3. The van der Waals surface area contributed by atoms with Crippen molar-refractivity contribution in [1.82, 2.24) is 30.8 Å². The highest BCUT2D eigenvalue weighted by molar-refractivity contribution is 7.09. The Kier molecular flexibility index (Phi) is 9.34. The molecule has 4 aromatic rings. The summed E-state index contributed by atoms with van der Waals surface area (Å²) in [5.74, 6) is -1.41. The van der Waals surface area contributed by atoms with Crippen molar-refractivity contribution >= 4 is 45.9 Å². The van der Waals surface area contributed by atoms with Crippen molar-refractivity contribution in [2.24, 2.45) is 11.8 Å². The molecule has 0 aliphatic carbocycles. The number of thiazole rings is 1. The van der Waals surface area contributed by atoms with E-state index in [0.29, 0.717) is 16.2 Å². The van der Waals surface area contributed by atoms with Crippen LogP contribution in [-0.2, 0) is 4.79 Å². The lowest BCUT2D eigenvalue weighted by Gasteiger charge is -2.27. The standard InChI is InChI=1S/C33H40N6O6S/c1-15(2)25-31-38-27(20(8)44-31)30(42)34-18(6)12-39(33(43)28-19(7)21-10-9-17(5)11-23(21)45-28)13-24(40)36-26(16(3)4)32-35-22(14-46-32)29(41)37-25/h9-11,14-16,18,25-26H,12-13H2,1-8H3,(H,34,42)(H,36,40)(H,37,41)/t18-,25-,26+/m1/s1. The van der Waals surface area contributed by atoms with Crippen molar-refractivity contribution in [1.29, 1.82) is 0 Å². The number of furan rings is 1. The normalized spacial score (nSPS) is 20.0. The van der Waals surface area contributed by atoms with E-state index in [1.54, 1.807) is 19.2 Å². The van der Waals surface area contributed by atoms with E-state index < -0.39 is 41.8 Å². The predicted molar refractivity (Wildman–Crippen MR) is 173 cm³/mol. The first-order chi connectivity index (χ1) is 21.7. The molecule has 12 nitrogen and oxygen atoms in total. The van der Waals surface area contributed by atoms with Gasteiger partial charge in [0.15, 0.2) is 11.5 Å². The van der Waals surface area contributed by atoms with Gasteiger partial charge in [-0.2, -0.15) is 0 Å². The number of carbonyl (C=O) groups excluding carboxylic acids is 4. The Bertz CT molecular complexity index is 1800. The molecule has 3 aromatic heterocycles. The quantitative estimate of drug-likeness (QED) is 0.279. The van der Waals surface area contributed by atoms with Gasteiger partial charge in [0.1, 0.15) is 34.6 Å². The van der Waals surface area contributed by atoms with E-state index in [-0.39, 0.29) is 53.7 Å². The zero-order valence-electron chi connectivity index (χ0n) is 27.3. The van der Waals surface area contributed by atoms with Crippen LogP contribution in [-0.4, -0.2) is 57.6 Å². The second-order valence-corrected chi connectivity index (χ2v) is 13.5. The fourth-order valence-corrected chi connectivity index (χ4v) is 6.52. The Morgan fingerprint density at radius 2 is 1.67 bits per heavy atom. The first kappa shape index (κ1) is 32.9. The number of benzene rings is 1. The average Bonchev–Trinajstić information content (AvgIpc) is 3.70. The first-order valence-corrected chi connectivity index (χ1v) is 16.2. The molecule has 1 aromatic carbocycles. The molecule has 244 valence electrons. The van der Waals surface area contributed by atoms with Gasteiger partial charge in [0.2, 0.25) is 11.8 Å². The van der Waals surface area contributed by atoms with E-state index in [1.807, 2.05) is 59.7 Å². The number of amides is 4. The number of nitrogens with zero attached hydrogens (tertiary/aromatic N) is 3. The van der Waals surface area contributed by atoms with Gasteiger partial charge < -0.3 is 29.7 Å². The number of oxazole rings is 1. The van der Waals surface area contributed by atoms with Gasteiger partial charge in [0.25, 0.3) is 17.7 Å². The molecule has 3 N–H and O–H groups in total. The molecule has 0 fully saturated rings. The van der Waals surface area contributed by atoms with Crippen LogP contribution in [0.1, 0.15) is 106 Å². The van der Waals surface area contributed by atoms with E-state index in [0.717, 1.165) is 10.9 Å². The first-order valence-electron chi connectivity index (χ1n) is 15.4. The maximum atomic E-state index is 14.0. The molecule has 4 heterocycles. The second kappa shape index (κ2) is 13.1. The molecular formula is C33H40N6O6S. The molecule has 13 heteroatoms. The number of rotatable bonds is 3. The van der Waals surface area contributed by atoms with E-state index >= 15 is 0 Å². The van der Waals surface area contributed by atoms with E-state index in [9.17, 15) is 19.2 Å². The molecule has 0 saturated carbocycles. The molecule has 46 heavy (non-hydrogen) atoms. The van der Waals surface area contributed by atoms with E-state index in [2.05, 4.69) is 25.9 Å². The van der Waals surface area contributed by atoms with Crippen LogP contribution in [0.25, 0.3) is 11.0 Å². The molecule has 4 bridgehead atoms. The highest BCUT2D eigenvalue weighted by Gasteiger charge is 2.32. The van der Waals surface area contributed by atoms with Crippen LogP contribution in [0.3, 0.4) is 0 Å². The zero-order valence-corrected chi connectivity index (χ0v) is 28.1. The molecular weight excluding hydrogens is 608 g/mol. The highest BCUT2D eigenvalue weighted by atomic mass is 32.1. The molecule has 0 unspecified atom stereocenters. The van der Waals surface area contributed by atoms with Crippen molar-refractivity contribution in [3.05, 3.63) is 68.5 Å². The van der Waals surface area contributed by atoms with Crippen molar-refractivity contribution in [2.75, 3.05) is 13.1 Å². The van der Waals surface area contributed by atoms with Gasteiger partial charge in [-0.3, -0.25) is 19.2 Å². The van der Waals surface area contributed by atoms with Gasteiger partial charge in [-0.25, -0.2) is 9.97 Å². The average molecular weight is 649 g/mol. The molecule has 1 aliphatic rings. The van der Waals surface area contributed by atoms with Crippen LogP contribution in [0.4, 0.5) is 0 Å². The summed E-state index contributed by atoms with van der Waals surface area (Å²) in [5, 5.41) is 11.9. The lowest BCUT2D eigenvalue weighted by atomic mass is 10.0. The Labute approximate surface area is 271 Å². The number of hydrogen-bond donors (Lipinski definition) is 3. The van der Waals surface area contributed by atoms with Crippen LogP contribution in [0.5, 0.6) is 0 Å². The molecule has 0 spiro atoms. The van der Waals surface area contributed by atoms with Crippen LogP contribution in [0.2, 0.25) is 0 Å². The van der Waals surface area contributed by atoms with Crippen LogP contribution in [0.15, 0.2) is 32.4 Å². The Morgan fingerprint density at radius 3 is 2.37 bits per heavy atom. The highest BCUT2D eigenvalue weighted by Crippen LogP contribution is 2.29. The van der Waals surface area contributed by atoms with Gasteiger partial charge >= 0.3 is 0 Å². The summed E-state index contributed by atoms with van der Waals surface area (Å²) in [6.45, 7) is 14.5. The minimum atomic E-state index is -0.626. The summed E-state index contributed by atoms with van der Waals surface area (Å²) in [6, 6.07) is 3.99. The predicted octanol–water partition coefficient (Wildman–Crippen LogP) is 5.02. The smallest absolute Gasteiger partial charge is 0.290 e. The summed E-state index contributed by atoms with van der Waals surface area (Å²) in [6.07, 6.45) is 0. The second-order valence-electron chi connectivity index (χ2n) is 12.6. The zero-order chi connectivity index (χ0) is 33.4. The molecule has 1 aliphatic heterocycles. The van der Waals surface area contributed by atoms with Crippen molar-refractivity contribution < 1.29 is 28.0 Å². The maximum Gasteiger partial charge on any atom is 0.290 e. The summed E-state index contributed by atoms with van der Waals surface area (Å²) in [5.41, 5.74) is 2.48. The summed E-state index contributed by atoms with van der Waals surface area (Å²) in [7, 11) is 0. The monoisotopic (exact) mass is 648 g/mol. The van der Waals surface area contributed by atoms with Gasteiger partial charge in [0, 0.05) is 28.9 Å². The van der Waals surface area contributed by atoms with Crippen LogP contribution < -0.4 is 16.0 Å². The van der Waals surface area contributed by atoms with E-state index in [1.165, 1.54) is 16.2 Å².